The first kappa shape index (κ1) is 14.0. The third-order valence-corrected chi connectivity index (χ3v) is 1.50. The van der Waals surface area contributed by atoms with Gasteiger partial charge in [-0.2, -0.15) is 0 Å². The van der Waals surface area contributed by atoms with E-state index in [1.807, 2.05) is 12.1 Å². The van der Waals surface area contributed by atoms with Gasteiger partial charge >= 0.3 is 29.6 Å². The molecule has 1 N–H and O–H groups in total. The van der Waals surface area contributed by atoms with Gasteiger partial charge in [0.2, 0.25) is 0 Å². The molecule has 0 atom stereocenters. The minimum atomic E-state index is 0. The summed E-state index contributed by atoms with van der Waals surface area (Å²) in [4.78, 5) is 0. The molecule has 0 spiro atoms. The number of benzene rings is 2. The Kier molecular flexibility index (Phi) is 7.82. The summed E-state index contributed by atoms with van der Waals surface area (Å²) in [5.41, 5.74) is 0. The second-order valence-electron chi connectivity index (χ2n) is 2.65. The molecule has 72 valence electrons. The summed E-state index contributed by atoms with van der Waals surface area (Å²) >= 11 is 0. The van der Waals surface area contributed by atoms with Crippen LogP contribution in [0.15, 0.2) is 60.7 Å². The van der Waals surface area contributed by atoms with Crippen LogP contribution in [0.5, 0.6) is 11.5 Å². The molecule has 0 amide bonds. The van der Waals surface area contributed by atoms with Gasteiger partial charge in [0.25, 0.3) is 0 Å². The van der Waals surface area contributed by atoms with Crippen LogP contribution >= 0.6 is 0 Å². The van der Waals surface area contributed by atoms with Crippen LogP contribution in [0.2, 0.25) is 0 Å². The third-order valence-electron chi connectivity index (χ3n) is 1.50. The second-order valence-corrected chi connectivity index (χ2v) is 2.65. The summed E-state index contributed by atoms with van der Waals surface area (Å²) in [6.07, 6.45) is 0. The smallest absolute Gasteiger partial charge is 0.872 e. The molecule has 0 saturated heterocycles. The van der Waals surface area contributed by atoms with Gasteiger partial charge in [0.15, 0.2) is 0 Å². The van der Waals surface area contributed by atoms with Crippen LogP contribution in [-0.4, -0.2) is 5.11 Å². The zero-order valence-corrected chi connectivity index (χ0v) is 10.6. The zero-order chi connectivity index (χ0) is 10.2. The van der Waals surface area contributed by atoms with Gasteiger partial charge in [-0.3, -0.25) is 0 Å². The topological polar surface area (TPSA) is 43.3 Å². The molecule has 0 aliphatic carbocycles. The Morgan fingerprint density at radius 3 is 1.33 bits per heavy atom. The van der Waals surface area contributed by atoms with E-state index in [9.17, 15) is 5.11 Å². The minimum Gasteiger partial charge on any atom is -0.872 e. The Bertz CT molecular complexity index is 311. The van der Waals surface area contributed by atoms with Crippen molar-refractivity contribution in [1.29, 1.82) is 0 Å². The first-order chi connectivity index (χ1) is 6.79. The fraction of sp³-hybridized carbons (Fsp3) is 0. The number of phenolic OH excluding ortho intramolecular Hbond substituents is 1. The zero-order valence-electron chi connectivity index (χ0n) is 8.63. The Morgan fingerprint density at radius 1 is 0.733 bits per heavy atom. The van der Waals surface area contributed by atoms with Crippen LogP contribution in [0, 0.1) is 0 Å². The van der Waals surface area contributed by atoms with Crippen molar-refractivity contribution in [2.75, 3.05) is 0 Å². The van der Waals surface area contributed by atoms with Crippen LogP contribution in [-0.2, 0) is 0 Å². The van der Waals surface area contributed by atoms with Gasteiger partial charge in [0, 0.05) is 0 Å². The van der Waals surface area contributed by atoms with Crippen molar-refractivity contribution in [3.63, 3.8) is 0 Å². The standard InChI is InChI=1S/2C6H6O.Na/c2*7-6-4-2-1-3-5-6;/h2*1-5,7H;/q;;+1/p-1. The second kappa shape index (κ2) is 8.36. The maximum Gasteiger partial charge on any atom is 1.00 e. The van der Waals surface area contributed by atoms with Gasteiger partial charge in [-0.1, -0.05) is 48.5 Å². The largest absolute Gasteiger partial charge is 1.00 e. The van der Waals surface area contributed by atoms with Gasteiger partial charge in [-0.25, -0.2) is 0 Å². The number of rotatable bonds is 0. The van der Waals surface area contributed by atoms with Gasteiger partial charge in [-0.05, 0) is 12.1 Å². The van der Waals surface area contributed by atoms with E-state index < -0.39 is 0 Å². The van der Waals surface area contributed by atoms with Crippen molar-refractivity contribution in [1.82, 2.24) is 0 Å². The van der Waals surface area contributed by atoms with E-state index in [2.05, 4.69) is 0 Å². The van der Waals surface area contributed by atoms with E-state index in [1.165, 1.54) is 12.1 Å². The Labute approximate surface area is 111 Å². The van der Waals surface area contributed by atoms with Crippen molar-refractivity contribution in [2.45, 2.75) is 0 Å². The maximum atomic E-state index is 10.3. The van der Waals surface area contributed by atoms with Crippen molar-refractivity contribution >= 4 is 0 Å². The summed E-state index contributed by atoms with van der Waals surface area (Å²) in [5.74, 6) is 0.394. The molecule has 2 aromatic rings. The van der Waals surface area contributed by atoms with Crippen LogP contribution in [0.4, 0.5) is 0 Å². The molecule has 0 aliphatic heterocycles. The molecule has 0 unspecified atom stereocenters. The SMILES string of the molecule is Oc1ccccc1.[Na+].[O-]c1ccccc1. The van der Waals surface area contributed by atoms with Crippen LogP contribution in [0.1, 0.15) is 0 Å². The van der Waals surface area contributed by atoms with Crippen molar-refractivity contribution in [3.8, 4) is 11.5 Å². The fourth-order valence-electron chi connectivity index (χ4n) is 0.848. The Balaban J connectivity index is 0.000000245. The Morgan fingerprint density at radius 2 is 1.13 bits per heavy atom. The number of hydrogen-bond donors (Lipinski definition) is 1. The summed E-state index contributed by atoms with van der Waals surface area (Å²) in [6, 6.07) is 17.0. The molecule has 0 radical (unpaired) electrons. The van der Waals surface area contributed by atoms with Gasteiger partial charge < -0.3 is 10.2 Å². The number of aromatic hydroxyl groups is 1. The molecule has 2 rings (SSSR count). The van der Waals surface area contributed by atoms with Gasteiger partial charge in [0.05, 0.1) is 0 Å². The molecule has 2 nitrogen and oxygen atoms in total. The first-order valence-electron chi connectivity index (χ1n) is 4.25. The minimum absolute atomic E-state index is 0. The van der Waals surface area contributed by atoms with Crippen LogP contribution < -0.4 is 34.7 Å². The molecule has 0 aromatic heterocycles. The molecule has 2 aromatic carbocycles. The van der Waals surface area contributed by atoms with E-state index in [1.54, 1.807) is 36.4 Å². The number of para-hydroxylation sites is 2. The van der Waals surface area contributed by atoms with Gasteiger partial charge in [0.1, 0.15) is 5.75 Å². The predicted octanol–water partition coefficient (Wildman–Crippen LogP) is -0.844. The Hall–Kier alpha value is -0.960. The molecule has 15 heavy (non-hydrogen) atoms. The average molecular weight is 210 g/mol. The van der Waals surface area contributed by atoms with E-state index in [4.69, 9.17) is 5.11 Å². The number of hydrogen-bond acceptors (Lipinski definition) is 2. The fourth-order valence-corrected chi connectivity index (χ4v) is 0.848. The first-order valence-corrected chi connectivity index (χ1v) is 4.25. The summed E-state index contributed by atoms with van der Waals surface area (Å²) < 4.78 is 0. The predicted molar refractivity (Wildman–Crippen MR) is 54.0 cm³/mol. The molecule has 0 saturated carbocycles. The normalized spacial score (nSPS) is 8.00. The molecular formula is C12H11NaO2. The molecule has 0 bridgehead atoms. The van der Waals surface area contributed by atoms with Gasteiger partial charge in [-0.15, -0.1) is 5.75 Å². The van der Waals surface area contributed by atoms with Crippen LogP contribution in [0.25, 0.3) is 0 Å². The quantitative estimate of drug-likeness (QED) is 0.576. The monoisotopic (exact) mass is 210 g/mol. The van der Waals surface area contributed by atoms with E-state index in [-0.39, 0.29) is 35.3 Å². The average Bonchev–Trinajstić information content (AvgIpc) is 2.21. The molecule has 0 fully saturated rings. The molecule has 0 aliphatic rings. The molecular weight excluding hydrogens is 199 g/mol. The summed E-state index contributed by atoms with van der Waals surface area (Å²) in [6.45, 7) is 0. The van der Waals surface area contributed by atoms with Crippen LogP contribution in [0.3, 0.4) is 0 Å². The van der Waals surface area contributed by atoms with Crippen molar-refractivity contribution in [2.24, 2.45) is 0 Å². The summed E-state index contributed by atoms with van der Waals surface area (Å²) in [5, 5.41) is 18.9. The summed E-state index contributed by atoms with van der Waals surface area (Å²) in [7, 11) is 0. The van der Waals surface area contributed by atoms with Crippen molar-refractivity contribution < 1.29 is 39.8 Å². The number of phenols is 1. The van der Waals surface area contributed by atoms with E-state index in [0.29, 0.717) is 5.75 Å². The molecule has 0 heterocycles. The van der Waals surface area contributed by atoms with E-state index in [0.717, 1.165) is 0 Å². The third kappa shape index (κ3) is 7.03. The molecule has 3 heteroatoms. The maximum absolute atomic E-state index is 10.3. The van der Waals surface area contributed by atoms with Crippen molar-refractivity contribution in [3.05, 3.63) is 60.7 Å². The van der Waals surface area contributed by atoms with E-state index >= 15 is 0 Å².